The highest BCUT2D eigenvalue weighted by atomic mass is 32.2. The molecule has 0 amide bonds. The van der Waals surface area contributed by atoms with Crippen LogP contribution in [0.1, 0.15) is 25.3 Å². The summed E-state index contributed by atoms with van der Waals surface area (Å²) < 4.78 is 25.0. The van der Waals surface area contributed by atoms with Crippen molar-refractivity contribution in [1.29, 1.82) is 0 Å². The molecule has 1 fully saturated rings. The van der Waals surface area contributed by atoms with Gasteiger partial charge in [0.25, 0.3) is 0 Å². The monoisotopic (exact) mass is 267 g/mol. The van der Waals surface area contributed by atoms with Crippen molar-refractivity contribution in [3.63, 3.8) is 0 Å². The molecule has 1 aliphatic heterocycles. The third-order valence-corrected chi connectivity index (χ3v) is 6.05. The predicted molar refractivity (Wildman–Crippen MR) is 73.5 cm³/mol. The minimum atomic E-state index is -3.14. The first kappa shape index (κ1) is 13.6. The van der Waals surface area contributed by atoms with E-state index in [9.17, 15) is 8.42 Å². The van der Waals surface area contributed by atoms with Crippen LogP contribution < -0.4 is 0 Å². The molecule has 0 N–H and O–H groups in total. The zero-order valence-corrected chi connectivity index (χ0v) is 11.9. The molecule has 0 aromatic heterocycles. The van der Waals surface area contributed by atoms with E-state index in [1.54, 1.807) is 12.1 Å². The van der Waals surface area contributed by atoms with Gasteiger partial charge in [-0.05, 0) is 51.5 Å². The average molecular weight is 267 g/mol. The van der Waals surface area contributed by atoms with Crippen molar-refractivity contribution in [3.05, 3.63) is 29.8 Å². The van der Waals surface area contributed by atoms with Gasteiger partial charge in [0.15, 0.2) is 9.84 Å². The Morgan fingerprint density at radius 2 is 1.72 bits per heavy atom. The molecule has 3 nitrogen and oxygen atoms in total. The maximum Gasteiger partial charge on any atom is 0.181 e. The first-order valence-electron chi connectivity index (χ1n) is 6.57. The van der Waals surface area contributed by atoms with Gasteiger partial charge in [-0.1, -0.05) is 24.6 Å². The van der Waals surface area contributed by atoms with Crippen LogP contribution in [0.25, 0.3) is 0 Å². The van der Waals surface area contributed by atoms with Crippen molar-refractivity contribution < 1.29 is 8.42 Å². The second-order valence-electron chi connectivity index (χ2n) is 4.99. The van der Waals surface area contributed by atoms with Gasteiger partial charge >= 0.3 is 0 Å². The Labute approximate surface area is 110 Å². The van der Waals surface area contributed by atoms with E-state index in [2.05, 4.69) is 11.8 Å². The molecule has 0 atom stereocenters. The molecule has 1 aromatic rings. The molecule has 1 heterocycles. The SMILES string of the molecule is CCN1CCC(S(=O)(=O)c2ccc(C)cc2)CC1. The Bertz CT molecular complexity index is 485. The smallest absolute Gasteiger partial charge is 0.181 e. The van der Waals surface area contributed by atoms with Crippen molar-refractivity contribution >= 4 is 9.84 Å². The third kappa shape index (κ3) is 2.75. The van der Waals surface area contributed by atoms with E-state index in [4.69, 9.17) is 0 Å². The van der Waals surface area contributed by atoms with Gasteiger partial charge in [0.1, 0.15) is 0 Å². The van der Waals surface area contributed by atoms with Crippen LogP contribution in [0, 0.1) is 6.92 Å². The quantitative estimate of drug-likeness (QED) is 0.843. The number of aryl methyl sites for hydroxylation is 1. The molecule has 0 spiro atoms. The Hall–Kier alpha value is -0.870. The van der Waals surface area contributed by atoms with Crippen LogP contribution in [0.2, 0.25) is 0 Å². The molecule has 0 unspecified atom stereocenters. The lowest BCUT2D eigenvalue weighted by atomic mass is 10.1. The number of hydrogen-bond donors (Lipinski definition) is 0. The van der Waals surface area contributed by atoms with Crippen LogP contribution in [0.3, 0.4) is 0 Å². The highest BCUT2D eigenvalue weighted by molar-refractivity contribution is 7.92. The van der Waals surface area contributed by atoms with Crippen LogP contribution in [-0.4, -0.2) is 38.2 Å². The van der Waals surface area contributed by atoms with E-state index in [1.165, 1.54) is 0 Å². The van der Waals surface area contributed by atoms with Crippen LogP contribution in [0.5, 0.6) is 0 Å². The van der Waals surface area contributed by atoms with Crippen molar-refractivity contribution in [3.8, 4) is 0 Å². The molecular formula is C14H21NO2S. The lowest BCUT2D eigenvalue weighted by Gasteiger charge is -2.30. The summed E-state index contributed by atoms with van der Waals surface area (Å²) in [6, 6.07) is 7.20. The lowest BCUT2D eigenvalue weighted by Crippen LogP contribution is -2.39. The minimum Gasteiger partial charge on any atom is -0.304 e. The summed E-state index contributed by atoms with van der Waals surface area (Å²) >= 11 is 0. The highest BCUT2D eigenvalue weighted by Gasteiger charge is 2.30. The van der Waals surface area contributed by atoms with Gasteiger partial charge < -0.3 is 4.90 Å². The molecule has 100 valence electrons. The molecule has 2 rings (SSSR count). The number of piperidine rings is 1. The number of likely N-dealkylation sites (tertiary alicyclic amines) is 1. The fourth-order valence-electron chi connectivity index (χ4n) is 2.46. The van der Waals surface area contributed by atoms with Crippen LogP contribution in [-0.2, 0) is 9.84 Å². The van der Waals surface area contributed by atoms with Gasteiger partial charge in [-0.15, -0.1) is 0 Å². The fourth-order valence-corrected chi connectivity index (χ4v) is 4.19. The standard InChI is InChI=1S/C14H21NO2S/c1-3-15-10-8-14(9-11-15)18(16,17)13-6-4-12(2)5-7-13/h4-7,14H,3,8-11H2,1-2H3. The molecule has 18 heavy (non-hydrogen) atoms. The molecule has 4 heteroatoms. The zero-order valence-electron chi connectivity index (χ0n) is 11.1. The number of hydrogen-bond acceptors (Lipinski definition) is 3. The van der Waals surface area contributed by atoms with Gasteiger partial charge in [0.2, 0.25) is 0 Å². The molecule has 0 bridgehead atoms. The largest absolute Gasteiger partial charge is 0.304 e. The number of nitrogens with zero attached hydrogens (tertiary/aromatic N) is 1. The molecule has 0 radical (unpaired) electrons. The highest BCUT2D eigenvalue weighted by Crippen LogP contribution is 2.24. The van der Waals surface area contributed by atoms with E-state index in [0.29, 0.717) is 4.90 Å². The van der Waals surface area contributed by atoms with Crippen molar-refractivity contribution in [1.82, 2.24) is 4.90 Å². The molecular weight excluding hydrogens is 246 g/mol. The Balaban J connectivity index is 2.15. The van der Waals surface area contributed by atoms with E-state index >= 15 is 0 Å². The lowest BCUT2D eigenvalue weighted by molar-refractivity contribution is 0.241. The number of rotatable bonds is 3. The van der Waals surface area contributed by atoms with Crippen LogP contribution >= 0.6 is 0 Å². The molecule has 0 aliphatic carbocycles. The second-order valence-corrected chi connectivity index (χ2v) is 7.22. The summed E-state index contributed by atoms with van der Waals surface area (Å²) in [7, 11) is -3.14. The summed E-state index contributed by atoms with van der Waals surface area (Å²) in [5, 5.41) is -0.206. The van der Waals surface area contributed by atoms with Crippen molar-refractivity contribution in [2.24, 2.45) is 0 Å². The molecule has 1 aliphatic rings. The molecule has 0 saturated carbocycles. The second kappa shape index (κ2) is 5.41. The summed E-state index contributed by atoms with van der Waals surface area (Å²) in [5.74, 6) is 0. The Morgan fingerprint density at radius 1 is 1.17 bits per heavy atom. The first-order valence-corrected chi connectivity index (χ1v) is 8.11. The maximum absolute atomic E-state index is 12.5. The zero-order chi connectivity index (χ0) is 13.2. The van der Waals surface area contributed by atoms with E-state index < -0.39 is 9.84 Å². The summed E-state index contributed by atoms with van der Waals surface area (Å²) in [5.41, 5.74) is 1.09. The normalized spacial score (nSPS) is 19.0. The number of sulfone groups is 1. The van der Waals surface area contributed by atoms with Crippen LogP contribution in [0.4, 0.5) is 0 Å². The van der Waals surface area contributed by atoms with Gasteiger partial charge in [-0.25, -0.2) is 8.42 Å². The van der Waals surface area contributed by atoms with E-state index in [-0.39, 0.29) is 5.25 Å². The summed E-state index contributed by atoms with van der Waals surface area (Å²) in [6.07, 6.45) is 1.51. The minimum absolute atomic E-state index is 0.206. The van der Waals surface area contributed by atoms with Gasteiger partial charge in [0.05, 0.1) is 10.1 Å². The molecule has 1 saturated heterocycles. The number of benzene rings is 1. The van der Waals surface area contributed by atoms with E-state index in [1.807, 2.05) is 19.1 Å². The van der Waals surface area contributed by atoms with E-state index in [0.717, 1.165) is 38.0 Å². The third-order valence-electron chi connectivity index (χ3n) is 3.77. The topological polar surface area (TPSA) is 37.4 Å². The van der Waals surface area contributed by atoms with Gasteiger partial charge in [0, 0.05) is 0 Å². The first-order chi connectivity index (χ1) is 8.54. The maximum atomic E-state index is 12.5. The van der Waals surface area contributed by atoms with Crippen molar-refractivity contribution in [2.75, 3.05) is 19.6 Å². The average Bonchev–Trinajstić information content (AvgIpc) is 2.39. The Kier molecular flexibility index (Phi) is 4.07. The summed E-state index contributed by atoms with van der Waals surface area (Å²) in [4.78, 5) is 2.78. The predicted octanol–water partition coefficient (Wildman–Crippen LogP) is 2.25. The van der Waals surface area contributed by atoms with Crippen molar-refractivity contribution in [2.45, 2.75) is 36.8 Å². The van der Waals surface area contributed by atoms with Gasteiger partial charge in [-0.2, -0.15) is 0 Å². The summed E-state index contributed by atoms with van der Waals surface area (Å²) in [6.45, 7) is 6.89. The fraction of sp³-hybridized carbons (Fsp3) is 0.571. The molecule has 1 aromatic carbocycles. The van der Waals surface area contributed by atoms with Gasteiger partial charge in [-0.3, -0.25) is 0 Å². The Morgan fingerprint density at radius 3 is 2.22 bits per heavy atom. The van der Waals surface area contributed by atoms with Crippen LogP contribution in [0.15, 0.2) is 29.2 Å².